The van der Waals surface area contributed by atoms with Gasteiger partial charge in [-0.1, -0.05) is 12.1 Å². The average molecular weight is 288 g/mol. The number of nitrogens with zero attached hydrogens (tertiary/aromatic N) is 1. The molecule has 112 valence electrons. The van der Waals surface area contributed by atoms with Gasteiger partial charge in [-0.05, 0) is 43.2 Å². The number of aliphatic carboxylic acids is 1. The molecule has 3 N–H and O–H groups in total. The number of carbonyl (C=O) groups is 2. The predicted octanol–water partition coefficient (Wildman–Crippen LogP) is 2.12. The van der Waals surface area contributed by atoms with Crippen LogP contribution in [0.2, 0.25) is 0 Å². The van der Waals surface area contributed by atoms with Crippen molar-refractivity contribution < 1.29 is 14.7 Å². The molecular weight excluding hydrogens is 268 g/mol. The lowest BCUT2D eigenvalue weighted by Crippen LogP contribution is -2.37. The number of benzene rings is 1. The largest absolute Gasteiger partial charge is 0.481 e. The molecule has 2 aliphatic carbocycles. The second-order valence-corrected chi connectivity index (χ2v) is 6.12. The highest BCUT2D eigenvalue weighted by molar-refractivity contribution is 5.98. The van der Waals surface area contributed by atoms with Crippen LogP contribution in [0.1, 0.15) is 25.7 Å². The molecule has 0 saturated heterocycles. The highest BCUT2D eigenvalue weighted by Crippen LogP contribution is 2.54. The molecule has 0 spiro atoms. The predicted molar refractivity (Wildman–Crippen MR) is 79.8 cm³/mol. The number of fused-ring (bicyclic) bond motifs is 1. The van der Waals surface area contributed by atoms with E-state index in [1.807, 2.05) is 12.1 Å². The SMILES string of the molecule is Nc1ccccc1N(CCC(=O)O)C(=O)C1CC2CC2C1. The number of carboxylic acid groups (broad SMARTS) is 1. The molecule has 2 aliphatic rings. The Morgan fingerprint density at radius 2 is 1.86 bits per heavy atom. The van der Waals surface area contributed by atoms with Crippen molar-refractivity contribution in [1.29, 1.82) is 0 Å². The maximum absolute atomic E-state index is 12.8. The Labute approximate surface area is 123 Å². The third-order valence-corrected chi connectivity index (χ3v) is 4.64. The molecule has 1 aromatic carbocycles. The van der Waals surface area contributed by atoms with Gasteiger partial charge in [0.25, 0.3) is 0 Å². The van der Waals surface area contributed by atoms with Crippen molar-refractivity contribution in [2.75, 3.05) is 17.2 Å². The van der Waals surface area contributed by atoms with Gasteiger partial charge in [0, 0.05) is 12.5 Å². The number of nitrogens with two attached hydrogens (primary N) is 1. The van der Waals surface area contributed by atoms with Gasteiger partial charge in [0.05, 0.1) is 17.8 Å². The highest BCUT2D eigenvalue weighted by Gasteiger charge is 2.49. The molecular formula is C16H20N2O3. The van der Waals surface area contributed by atoms with Gasteiger partial charge in [0.15, 0.2) is 0 Å². The maximum atomic E-state index is 12.8. The second-order valence-electron chi connectivity index (χ2n) is 6.12. The van der Waals surface area contributed by atoms with Crippen molar-refractivity contribution >= 4 is 23.3 Å². The molecule has 2 saturated carbocycles. The molecule has 0 aromatic heterocycles. The van der Waals surface area contributed by atoms with E-state index in [1.165, 1.54) is 6.42 Å². The summed E-state index contributed by atoms with van der Waals surface area (Å²) in [5, 5.41) is 8.91. The van der Waals surface area contributed by atoms with Crippen molar-refractivity contribution in [2.45, 2.75) is 25.7 Å². The summed E-state index contributed by atoms with van der Waals surface area (Å²) in [4.78, 5) is 25.2. The monoisotopic (exact) mass is 288 g/mol. The lowest BCUT2D eigenvalue weighted by Gasteiger charge is -2.27. The molecule has 0 aliphatic heterocycles. The standard InChI is InChI=1S/C16H20N2O3/c17-13-3-1-2-4-14(13)18(6-5-15(19)20)16(21)12-8-10-7-11(10)9-12/h1-4,10-12H,5-9,17H2,(H,19,20). The minimum atomic E-state index is -0.906. The number of amides is 1. The Morgan fingerprint density at radius 3 is 2.48 bits per heavy atom. The number of anilines is 2. The fraction of sp³-hybridized carbons (Fsp3) is 0.500. The summed E-state index contributed by atoms with van der Waals surface area (Å²) in [5.41, 5.74) is 7.10. The number of hydrogen-bond donors (Lipinski definition) is 2. The summed E-state index contributed by atoms with van der Waals surface area (Å²) < 4.78 is 0. The van der Waals surface area contributed by atoms with Gasteiger partial charge >= 0.3 is 5.97 Å². The van der Waals surface area contributed by atoms with E-state index < -0.39 is 5.97 Å². The van der Waals surface area contributed by atoms with Gasteiger partial charge in [-0.25, -0.2) is 0 Å². The quantitative estimate of drug-likeness (QED) is 0.813. The average Bonchev–Trinajstić information content (AvgIpc) is 3.06. The number of rotatable bonds is 5. The zero-order valence-corrected chi connectivity index (χ0v) is 11.9. The van der Waals surface area contributed by atoms with Crippen LogP contribution < -0.4 is 10.6 Å². The van der Waals surface area contributed by atoms with Crippen molar-refractivity contribution in [3.05, 3.63) is 24.3 Å². The lowest BCUT2D eigenvalue weighted by atomic mass is 10.0. The number of carboxylic acids is 1. The summed E-state index contributed by atoms with van der Waals surface area (Å²) >= 11 is 0. The molecule has 2 unspecified atom stereocenters. The van der Waals surface area contributed by atoms with Crippen LogP contribution in [0.25, 0.3) is 0 Å². The molecule has 0 heterocycles. The Bertz CT molecular complexity index is 562. The minimum Gasteiger partial charge on any atom is -0.481 e. The van der Waals surface area contributed by atoms with Crippen molar-refractivity contribution in [1.82, 2.24) is 0 Å². The van der Waals surface area contributed by atoms with E-state index in [0.717, 1.165) is 12.8 Å². The lowest BCUT2D eigenvalue weighted by molar-refractivity contribution is -0.136. The van der Waals surface area contributed by atoms with Crippen LogP contribution in [0.4, 0.5) is 11.4 Å². The van der Waals surface area contributed by atoms with E-state index in [2.05, 4.69) is 0 Å². The second kappa shape index (κ2) is 5.39. The van der Waals surface area contributed by atoms with Gasteiger partial charge in [0.1, 0.15) is 0 Å². The van der Waals surface area contributed by atoms with Crippen LogP contribution in [0, 0.1) is 17.8 Å². The third kappa shape index (κ3) is 2.86. The Morgan fingerprint density at radius 1 is 1.19 bits per heavy atom. The number of para-hydroxylation sites is 2. The molecule has 5 nitrogen and oxygen atoms in total. The van der Waals surface area contributed by atoms with E-state index in [0.29, 0.717) is 23.2 Å². The Hall–Kier alpha value is -2.04. The van der Waals surface area contributed by atoms with Crippen LogP contribution in [-0.4, -0.2) is 23.5 Å². The molecule has 1 amide bonds. The summed E-state index contributed by atoms with van der Waals surface area (Å²) in [5.74, 6) is 0.585. The van der Waals surface area contributed by atoms with E-state index in [1.54, 1.807) is 17.0 Å². The van der Waals surface area contributed by atoms with Gasteiger partial charge in [-0.3, -0.25) is 9.59 Å². The molecule has 21 heavy (non-hydrogen) atoms. The van der Waals surface area contributed by atoms with Gasteiger partial charge in [-0.15, -0.1) is 0 Å². The first kappa shape index (κ1) is 13.9. The fourth-order valence-electron chi connectivity index (χ4n) is 3.43. The molecule has 2 fully saturated rings. The first-order chi connectivity index (χ1) is 10.1. The third-order valence-electron chi connectivity index (χ3n) is 4.64. The summed E-state index contributed by atoms with van der Waals surface area (Å²) in [6.07, 6.45) is 3.08. The van der Waals surface area contributed by atoms with Crippen molar-refractivity contribution in [2.24, 2.45) is 17.8 Å². The van der Waals surface area contributed by atoms with E-state index in [4.69, 9.17) is 10.8 Å². The molecule has 2 atom stereocenters. The number of nitrogen functional groups attached to an aromatic ring is 1. The smallest absolute Gasteiger partial charge is 0.305 e. The molecule has 5 heteroatoms. The van der Waals surface area contributed by atoms with Crippen molar-refractivity contribution in [3.63, 3.8) is 0 Å². The van der Waals surface area contributed by atoms with Crippen molar-refractivity contribution in [3.8, 4) is 0 Å². The summed E-state index contributed by atoms with van der Waals surface area (Å²) in [6.45, 7) is 0.175. The van der Waals surface area contributed by atoms with Crippen LogP contribution in [0.15, 0.2) is 24.3 Å². The normalized spacial score (nSPS) is 26.2. The minimum absolute atomic E-state index is 0.0290. The van der Waals surface area contributed by atoms with E-state index in [-0.39, 0.29) is 24.8 Å². The summed E-state index contributed by atoms with van der Waals surface area (Å²) in [7, 11) is 0. The topological polar surface area (TPSA) is 83.6 Å². The Balaban J connectivity index is 1.79. The zero-order chi connectivity index (χ0) is 15.0. The highest BCUT2D eigenvalue weighted by atomic mass is 16.4. The van der Waals surface area contributed by atoms with Gasteiger partial charge in [-0.2, -0.15) is 0 Å². The number of hydrogen-bond acceptors (Lipinski definition) is 3. The first-order valence-corrected chi connectivity index (χ1v) is 7.44. The fourth-order valence-corrected chi connectivity index (χ4v) is 3.43. The van der Waals surface area contributed by atoms with Crippen LogP contribution in [0.5, 0.6) is 0 Å². The molecule has 0 bridgehead atoms. The zero-order valence-electron chi connectivity index (χ0n) is 11.9. The van der Waals surface area contributed by atoms with E-state index >= 15 is 0 Å². The van der Waals surface area contributed by atoms with Crippen LogP contribution in [-0.2, 0) is 9.59 Å². The molecule has 0 radical (unpaired) electrons. The number of carbonyl (C=O) groups excluding carboxylic acids is 1. The van der Waals surface area contributed by atoms with Crippen LogP contribution >= 0.6 is 0 Å². The van der Waals surface area contributed by atoms with Crippen LogP contribution in [0.3, 0.4) is 0 Å². The first-order valence-electron chi connectivity index (χ1n) is 7.44. The molecule has 3 rings (SSSR count). The van der Waals surface area contributed by atoms with E-state index in [9.17, 15) is 9.59 Å². The van der Waals surface area contributed by atoms with Gasteiger partial charge in [0.2, 0.25) is 5.91 Å². The maximum Gasteiger partial charge on any atom is 0.305 e. The molecule has 1 aromatic rings. The Kier molecular flexibility index (Phi) is 3.57. The van der Waals surface area contributed by atoms with Gasteiger partial charge < -0.3 is 15.7 Å². The summed E-state index contributed by atoms with van der Waals surface area (Å²) in [6, 6.07) is 7.15.